The third kappa shape index (κ3) is 9.66. The molecule has 5 rings (SSSR count). The minimum absolute atomic E-state index is 0.0301. The molecule has 2 atom stereocenters. The number of β-amino-alcohol motifs (C(OH)–C–C–N with tert-alkyl or cyclic N) is 1. The van der Waals surface area contributed by atoms with Gasteiger partial charge in [0, 0.05) is 55.8 Å². The molecule has 12 heteroatoms. The van der Waals surface area contributed by atoms with E-state index < -0.39 is 18.1 Å². The number of aliphatic carboxylic acids is 1. The lowest BCUT2D eigenvalue weighted by Crippen LogP contribution is -2.52. The summed E-state index contributed by atoms with van der Waals surface area (Å²) in [6, 6.07) is 19.4. The summed E-state index contributed by atoms with van der Waals surface area (Å²) in [5.41, 5.74) is 6.51. The molecule has 0 radical (unpaired) electrons. The van der Waals surface area contributed by atoms with Crippen LogP contribution in [0.25, 0.3) is 11.1 Å². The van der Waals surface area contributed by atoms with Gasteiger partial charge in [0.15, 0.2) is 0 Å². The van der Waals surface area contributed by atoms with Crippen LogP contribution in [0, 0.1) is 25.2 Å². The number of carbonyl (C=O) groups is 1. The number of ether oxygens (including phenoxy) is 3. The Morgan fingerprint density at radius 1 is 1.02 bits per heavy atom. The van der Waals surface area contributed by atoms with Crippen LogP contribution in [-0.4, -0.2) is 75.7 Å². The number of aliphatic hydroxyl groups excluding tert-OH is 2. The van der Waals surface area contributed by atoms with Crippen molar-refractivity contribution in [3.8, 4) is 28.7 Å². The van der Waals surface area contributed by atoms with E-state index in [-0.39, 0.29) is 25.9 Å². The lowest BCUT2D eigenvalue weighted by Gasteiger charge is -2.25. The molecule has 1 aliphatic heterocycles. The number of nitrogens with one attached hydrogen (secondary N) is 1. The van der Waals surface area contributed by atoms with Gasteiger partial charge in [0.1, 0.15) is 36.3 Å². The molecule has 11 nitrogen and oxygen atoms in total. The first-order valence-corrected chi connectivity index (χ1v) is 17.6. The molecule has 0 spiro atoms. The Bertz CT molecular complexity index is 1920. The smallest absolute Gasteiger partial charge is 0.326 e. The summed E-state index contributed by atoms with van der Waals surface area (Å²) in [6.45, 7) is 8.79. The number of aromatic nitrogens is 1. The topological polar surface area (TPSA) is 157 Å². The van der Waals surface area contributed by atoms with Crippen LogP contribution in [0.5, 0.6) is 11.5 Å². The summed E-state index contributed by atoms with van der Waals surface area (Å²) in [7, 11) is 0. The van der Waals surface area contributed by atoms with Crippen LogP contribution in [0.4, 0.5) is 0 Å². The van der Waals surface area contributed by atoms with E-state index in [9.17, 15) is 25.4 Å². The second-order valence-electron chi connectivity index (χ2n) is 13.3. The molecular formula is C40H45ClN4O7. The van der Waals surface area contributed by atoms with Crippen LogP contribution in [0.2, 0.25) is 5.02 Å². The number of nitrogens with zero attached hydrogens (tertiary/aromatic N) is 3. The molecule has 274 valence electrons. The van der Waals surface area contributed by atoms with Gasteiger partial charge in [0.2, 0.25) is 0 Å². The fourth-order valence-corrected chi connectivity index (χ4v) is 6.29. The monoisotopic (exact) mass is 728 g/mol. The molecule has 4 aromatic rings. The van der Waals surface area contributed by atoms with Gasteiger partial charge in [-0.05, 0) is 72.7 Å². The molecule has 2 heterocycles. The third-order valence-corrected chi connectivity index (χ3v) is 9.81. The SMILES string of the molecule is Cc1c(COCCN2CCC(O)C2)cccc1-c1cccc(COc2cc(OCc3cncc(C#N)c3)c(CNC(C)(CO)C(=O)O)cc2Cl)c1C. The molecule has 52 heavy (non-hydrogen) atoms. The number of nitriles is 1. The van der Waals surface area contributed by atoms with E-state index in [1.807, 2.05) is 18.2 Å². The Kier molecular flexibility index (Phi) is 13.2. The van der Waals surface area contributed by atoms with E-state index in [0.29, 0.717) is 53.0 Å². The number of aliphatic hydroxyl groups is 2. The third-order valence-electron chi connectivity index (χ3n) is 9.51. The maximum Gasteiger partial charge on any atom is 0.326 e. The number of benzene rings is 3. The van der Waals surface area contributed by atoms with Crippen LogP contribution < -0.4 is 14.8 Å². The van der Waals surface area contributed by atoms with E-state index in [2.05, 4.69) is 53.3 Å². The summed E-state index contributed by atoms with van der Waals surface area (Å²) < 4.78 is 18.5. The van der Waals surface area contributed by atoms with Crippen LogP contribution in [0.1, 0.15) is 52.3 Å². The van der Waals surface area contributed by atoms with Crippen molar-refractivity contribution < 1.29 is 34.3 Å². The summed E-state index contributed by atoms with van der Waals surface area (Å²) in [5.74, 6) is -0.444. The van der Waals surface area contributed by atoms with Gasteiger partial charge < -0.3 is 29.5 Å². The van der Waals surface area contributed by atoms with Crippen LogP contribution in [-0.2, 0) is 35.9 Å². The highest BCUT2D eigenvalue weighted by molar-refractivity contribution is 6.32. The molecule has 1 aliphatic rings. The van der Waals surface area contributed by atoms with Crippen LogP contribution in [0.3, 0.4) is 0 Å². The van der Waals surface area contributed by atoms with E-state index in [4.69, 9.17) is 25.8 Å². The number of carboxylic acids is 1. The number of hydrogen-bond acceptors (Lipinski definition) is 10. The molecule has 0 bridgehead atoms. The van der Waals surface area contributed by atoms with Crippen molar-refractivity contribution in [1.29, 1.82) is 5.26 Å². The molecule has 4 N–H and O–H groups in total. The summed E-state index contributed by atoms with van der Waals surface area (Å²) >= 11 is 6.73. The van der Waals surface area contributed by atoms with E-state index in [1.54, 1.807) is 24.4 Å². The van der Waals surface area contributed by atoms with Crippen molar-refractivity contribution in [2.75, 3.05) is 32.8 Å². The first-order valence-electron chi connectivity index (χ1n) is 17.2. The van der Waals surface area contributed by atoms with Gasteiger partial charge >= 0.3 is 5.97 Å². The maximum atomic E-state index is 11.8. The van der Waals surface area contributed by atoms with Gasteiger partial charge in [-0.2, -0.15) is 5.26 Å². The number of rotatable bonds is 17. The second kappa shape index (κ2) is 17.8. The van der Waals surface area contributed by atoms with Gasteiger partial charge in [-0.15, -0.1) is 0 Å². The van der Waals surface area contributed by atoms with Crippen molar-refractivity contribution in [3.05, 3.63) is 111 Å². The second-order valence-corrected chi connectivity index (χ2v) is 13.7. The average molecular weight is 729 g/mol. The predicted molar refractivity (Wildman–Crippen MR) is 197 cm³/mol. The van der Waals surface area contributed by atoms with Gasteiger partial charge in [-0.1, -0.05) is 48.0 Å². The van der Waals surface area contributed by atoms with E-state index in [0.717, 1.165) is 52.9 Å². The Labute approximate surface area is 309 Å². The van der Waals surface area contributed by atoms with Crippen molar-refractivity contribution >= 4 is 17.6 Å². The van der Waals surface area contributed by atoms with Crippen molar-refractivity contribution in [2.45, 2.75) is 65.2 Å². The molecule has 1 saturated heterocycles. The van der Waals surface area contributed by atoms with Crippen molar-refractivity contribution in [3.63, 3.8) is 0 Å². The molecule has 1 aromatic heterocycles. The zero-order chi connectivity index (χ0) is 37.3. The quantitative estimate of drug-likeness (QED) is 0.101. The Morgan fingerprint density at radius 2 is 1.71 bits per heavy atom. The molecule has 0 aliphatic carbocycles. The molecular weight excluding hydrogens is 684 g/mol. The molecule has 2 unspecified atom stereocenters. The first-order chi connectivity index (χ1) is 25.0. The zero-order valence-electron chi connectivity index (χ0n) is 29.7. The number of likely N-dealkylation sites (tertiary alicyclic amines) is 1. The van der Waals surface area contributed by atoms with Crippen LogP contribution in [0.15, 0.2) is 67.0 Å². The standard InChI is InChI=1S/C40H45ClN4O7/c1-26-30(23-50-13-12-45-11-10-33(47)21-45)6-4-8-34(26)35-9-5-7-31(27(35)2)24-52-38-16-37(51-22-29-14-28(17-42)18-43-19-29)32(15-36(38)41)20-44-40(3,25-46)39(48)49/h4-9,14-16,18-19,33,44,46-47H,10-13,20-25H2,1-3H3,(H,48,49). The molecule has 0 saturated carbocycles. The number of carboxylic acid groups (broad SMARTS) is 1. The van der Waals surface area contributed by atoms with E-state index in [1.165, 1.54) is 13.1 Å². The van der Waals surface area contributed by atoms with Crippen molar-refractivity contribution in [1.82, 2.24) is 15.2 Å². The molecule has 0 amide bonds. The Balaban J connectivity index is 1.32. The normalized spacial score (nSPS) is 15.6. The zero-order valence-corrected chi connectivity index (χ0v) is 30.4. The molecule has 1 fully saturated rings. The van der Waals surface area contributed by atoms with Gasteiger partial charge in [-0.3, -0.25) is 20.0 Å². The van der Waals surface area contributed by atoms with Gasteiger partial charge in [-0.25, -0.2) is 0 Å². The lowest BCUT2D eigenvalue weighted by molar-refractivity contribution is -0.145. The highest BCUT2D eigenvalue weighted by Crippen LogP contribution is 2.36. The van der Waals surface area contributed by atoms with Gasteiger partial charge in [0.05, 0.1) is 36.5 Å². The predicted octanol–water partition coefficient (Wildman–Crippen LogP) is 5.56. The summed E-state index contributed by atoms with van der Waals surface area (Å²) in [6.07, 6.45) is 3.64. The number of pyridine rings is 1. The minimum atomic E-state index is -1.59. The van der Waals surface area contributed by atoms with Gasteiger partial charge in [0.25, 0.3) is 0 Å². The minimum Gasteiger partial charge on any atom is -0.488 e. The Hall–Kier alpha value is -4.54. The summed E-state index contributed by atoms with van der Waals surface area (Å²) in [5, 5.41) is 41.6. The fraction of sp³-hybridized carbons (Fsp3) is 0.375. The number of halogens is 1. The lowest BCUT2D eigenvalue weighted by atomic mass is 9.92. The average Bonchev–Trinajstić information content (AvgIpc) is 3.57. The highest BCUT2D eigenvalue weighted by atomic mass is 35.5. The van der Waals surface area contributed by atoms with E-state index >= 15 is 0 Å². The summed E-state index contributed by atoms with van der Waals surface area (Å²) in [4.78, 5) is 18.1. The molecule has 3 aromatic carbocycles. The highest BCUT2D eigenvalue weighted by Gasteiger charge is 2.32. The van der Waals surface area contributed by atoms with Crippen LogP contribution >= 0.6 is 11.6 Å². The largest absolute Gasteiger partial charge is 0.488 e. The Morgan fingerprint density at radius 3 is 2.35 bits per heavy atom. The maximum absolute atomic E-state index is 11.8. The fourth-order valence-electron chi connectivity index (χ4n) is 6.05. The first kappa shape index (κ1) is 38.7. The van der Waals surface area contributed by atoms with Crippen molar-refractivity contribution in [2.24, 2.45) is 0 Å². The number of hydrogen-bond donors (Lipinski definition) is 4.